The van der Waals surface area contributed by atoms with E-state index in [1.165, 1.54) is 38.3 Å². The van der Waals surface area contributed by atoms with E-state index >= 15 is 0 Å². The van der Waals surface area contributed by atoms with E-state index in [9.17, 15) is 19.2 Å². The Kier molecular flexibility index (Phi) is 5.31. The number of hydrogen-bond donors (Lipinski definition) is 2. The van der Waals surface area contributed by atoms with Crippen LogP contribution >= 0.6 is 0 Å². The third kappa shape index (κ3) is 3.54. The third-order valence-corrected chi connectivity index (χ3v) is 4.48. The minimum atomic E-state index is -1.61. The van der Waals surface area contributed by atoms with E-state index in [-0.39, 0.29) is 19.1 Å². The van der Waals surface area contributed by atoms with E-state index in [4.69, 9.17) is 18.9 Å². The van der Waals surface area contributed by atoms with Gasteiger partial charge in [0.15, 0.2) is 6.10 Å². The molecule has 0 aromatic carbocycles. The van der Waals surface area contributed by atoms with Crippen LogP contribution in [0.1, 0.15) is 20.8 Å². The first-order valence-electron chi connectivity index (χ1n) is 8.56. The van der Waals surface area contributed by atoms with E-state index in [2.05, 4.69) is 15.3 Å². The zero-order valence-electron chi connectivity index (χ0n) is 15.5. The van der Waals surface area contributed by atoms with Gasteiger partial charge in [0.25, 0.3) is 5.72 Å². The van der Waals surface area contributed by atoms with Gasteiger partial charge < -0.3 is 18.9 Å². The summed E-state index contributed by atoms with van der Waals surface area (Å²) in [5, 5.41) is 2.51. The highest BCUT2D eigenvalue weighted by Crippen LogP contribution is 2.37. The number of esters is 3. The molecular formula is C16H21N4O8+. The van der Waals surface area contributed by atoms with Crippen LogP contribution in [0.5, 0.6) is 0 Å². The monoisotopic (exact) mass is 397 g/mol. The van der Waals surface area contributed by atoms with Gasteiger partial charge in [-0.1, -0.05) is 0 Å². The number of carbonyl (C=O) groups excluding carboxylic acids is 4. The van der Waals surface area contributed by atoms with Crippen molar-refractivity contribution in [2.45, 2.75) is 50.9 Å². The Morgan fingerprint density at radius 3 is 2.71 bits per heavy atom. The van der Waals surface area contributed by atoms with Crippen molar-refractivity contribution in [1.82, 2.24) is 10.2 Å². The normalized spacial score (nSPS) is 33.2. The smallest absolute Gasteiger partial charge is 0.338 e. The summed E-state index contributed by atoms with van der Waals surface area (Å²) in [6.45, 7) is 3.21. The maximum absolute atomic E-state index is 12.1. The van der Waals surface area contributed by atoms with Crippen LogP contribution in [0.4, 0.5) is 0 Å². The molecule has 1 amide bonds. The molecular weight excluding hydrogens is 376 g/mol. The van der Waals surface area contributed by atoms with Gasteiger partial charge in [-0.15, -0.1) is 0 Å². The molecule has 0 bridgehead atoms. The van der Waals surface area contributed by atoms with Crippen LogP contribution in [-0.4, -0.2) is 84.7 Å². The molecule has 0 aromatic rings. The van der Waals surface area contributed by atoms with Gasteiger partial charge in [0.1, 0.15) is 19.3 Å². The van der Waals surface area contributed by atoms with Gasteiger partial charge in [-0.25, -0.2) is 10.1 Å². The first-order valence-corrected chi connectivity index (χ1v) is 8.56. The van der Waals surface area contributed by atoms with Crippen molar-refractivity contribution in [1.29, 1.82) is 0 Å². The van der Waals surface area contributed by atoms with Gasteiger partial charge in [-0.2, -0.15) is 0 Å². The predicted molar refractivity (Wildman–Crippen MR) is 89.5 cm³/mol. The number of nitrogens with one attached hydrogen (secondary N) is 2. The zero-order chi connectivity index (χ0) is 20.5. The quantitative estimate of drug-likeness (QED) is 0.355. The molecule has 0 radical (unpaired) electrons. The van der Waals surface area contributed by atoms with E-state index in [0.29, 0.717) is 0 Å². The Morgan fingerprint density at radius 1 is 1.32 bits per heavy atom. The number of rotatable bonds is 5. The molecule has 0 aromatic heterocycles. The summed E-state index contributed by atoms with van der Waals surface area (Å²) in [7, 11) is 0. The van der Waals surface area contributed by atoms with E-state index in [1.807, 2.05) is 0 Å². The Balaban J connectivity index is 1.98. The molecule has 3 aliphatic heterocycles. The Morgan fingerprint density at radius 2 is 2.07 bits per heavy atom. The third-order valence-electron chi connectivity index (χ3n) is 4.48. The number of amides is 1. The van der Waals surface area contributed by atoms with E-state index in [1.54, 1.807) is 0 Å². The summed E-state index contributed by atoms with van der Waals surface area (Å²) >= 11 is 0. The number of aliphatic imine (C=N–C) groups is 1. The lowest BCUT2D eigenvalue weighted by atomic mass is 10.0. The fraction of sp³-hybridized carbons (Fsp3) is 0.625. The Labute approximate surface area is 159 Å². The van der Waals surface area contributed by atoms with Crippen LogP contribution in [-0.2, 0) is 38.1 Å². The van der Waals surface area contributed by atoms with Crippen molar-refractivity contribution in [3.05, 3.63) is 0 Å². The average molecular weight is 397 g/mol. The summed E-state index contributed by atoms with van der Waals surface area (Å²) < 4.78 is 21.7. The van der Waals surface area contributed by atoms with Crippen molar-refractivity contribution in [2.75, 3.05) is 13.2 Å². The summed E-state index contributed by atoms with van der Waals surface area (Å²) in [4.78, 5) is 55.5. The maximum atomic E-state index is 12.1. The van der Waals surface area contributed by atoms with Gasteiger partial charge >= 0.3 is 23.8 Å². The molecule has 5 atom stereocenters. The van der Waals surface area contributed by atoms with Crippen LogP contribution in [0, 0.1) is 0 Å². The number of nitrogens with zero attached hydrogens (tertiary/aromatic N) is 2. The molecule has 0 saturated carbocycles. The number of hydrogen-bond acceptors (Lipinski definition) is 10. The zero-order valence-corrected chi connectivity index (χ0v) is 15.5. The molecule has 28 heavy (non-hydrogen) atoms. The van der Waals surface area contributed by atoms with Gasteiger partial charge in [0.2, 0.25) is 18.5 Å². The molecule has 1 saturated heterocycles. The van der Waals surface area contributed by atoms with E-state index < -0.39 is 48.0 Å². The molecule has 152 valence electrons. The summed E-state index contributed by atoms with van der Waals surface area (Å²) in [5.41, 5.74) is -1.61. The van der Waals surface area contributed by atoms with Crippen LogP contribution in [0.15, 0.2) is 4.99 Å². The molecule has 0 aliphatic carbocycles. The summed E-state index contributed by atoms with van der Waals surface area (Å²) in [6, 6.07) is -0.803. The van der Waals surface area contributed by atoms with Crippen molar-refractivity contribution in [3.8, 4) is 0 Å². The van der Waals surface area contributed by atoms with Gasteiger partial charge in [0, 0.05) is 20.8 Å². The average Bonchev–Trinajstić information content (AvgIpc) is 3.16. The molecule has 2 N–H and O–H groups in total. The van der Waals surface area contributed by atoms with Gasteiger partial charge in [-0.05, 0) is 0 Å². The Bertz CT molecular complexity index is 753. The van der Waals surface area contributed by atoms with Crippen LogP contribution < -0.4 is 10.3 Å². The van der Waals surface area contributed by atoms with Crippen molar-refractivity contribution < 1.29 is 43.1 Å². The van der Waals surface area contributed by atoms with Crippen LogP contribution in [0.3, 0.4) is 0 Å². The SMILES string of the molecule is CC(=O)OC[C@@H]1OC[C@@](OC(C)=O)(N2C=N[C@H]3C(=O)NC=[NH+][C@@H]32)[C@@H]1OC(C)=O. The second-order valence-corrected chi connectivity index (χ2v) is 6.50. The summed E-state index contributed by atoms with van der Waals surface area (Å²) in [6.07, 6.45) is -0.0222. The maximum Gasteiger partial charge on any atom is 0.338 e. The highest BCUT2D eigenvalue weighted by molar-refractivity contribution is 5.93. The van der Waals surface area contributed by atoms with Crippen molar-refractivity contribution in [3.63, 3.8) is 0 Å². The van der Waals surface area contributed by atoms with Gasteiger partial charge in [-0.3, -0.25) is 29.3 Å². The lowest BCUT2D eigenvalue weighted by molar-refractivity contribution is -0.535. The standard InChI is InChI=1S/C16H20N4O8/c1-8(21)25-4-11-13(27-9(2)22)16(5-26-11,28-10(3)23)20-7-19-12-14(20)17-6-18-15(12)24/h6-7,11-14H,4-5H2,1-3H3,(H,17,18,24)/p+1/t11-,12+,13+,14+,16-/m0/s1. The van der Waals surface area contributed by atoms with Crippen molar-refractivity contribution in [2.24, 2.45) is 4.99 Å². The highest BCUT2D eigenvalue weighted by Gasteiger charge is 2.63. The number of fused-ring (bicyclic) bond motifs is 1. The molecule has 3 heterocycles. The highest BCUT2D eigenvalue weighted by atomic mass is 16.7. The fourth-order valence-corrected chi connectivity index (χ4v) is 3.43. The fourth-order valence-electron chi connectivity index (χ4n) is 3.43. The lowest BCUT2D eigenvalue weighted by Crippen LogP contribution is -2.90. The molecule has 0 spiro atoms. The largest absolute Gasteiger partial charge is 0.463 e. The predicted octanol–water partition coefficient (Wildman–Crippen LogP) is -3.58. The number of ether oxygens (including phenoxy) is 4. The van der Waals surface area contributed by atoms with Crippen LogP contribution in [0.25, 0.3) is 0 Å². The topological polar surface area (TPSA) is 147 Å². The minimum absolute atomic E-state index is 0.199. The second-order valence-electron chi connectivity index (χ2n) is 6.50. The molecule has 12 nitrogen and oxygen atoms in total. The summed E-state index contributed by atoms with van der Waals surface area (Å²) in [5.74, 6) is -2.19. The van der Waals surface area contributed by atoms with E-state index in [0.717, 1.165) is 0 Å². The lowest BCUT2D eigenvalue weighted by Gasteiger charge is -2.41. The second kappa shape index (κ2) is 7.54. The molecule has 3 aliphatic rings. The molecule has 3 rings (SSSR count). The van der Waals surface area contributed by atoms with Crippen molar-refractivity contribution >= 4 is 36.5 Å². The van der Waals surface area contributed by atoms with Crippen LogP contribution in [0.2, 0.25) is 0 Å². The van der Waals surface area contributed by atoms with Gasteiger partial charge in [0.05, 0.1) is 6.34 Å². The number of carbonyl (C=O) groups is 4. The Hall–Kier alpha value is -3.02. The first-order chi connectivity index (χ1) is 13.2. The molecule has 12 heteroatoms. The molecule has 0 unspecified atom stereocenters. The molecule has 1 fully saturated rings. The minimum Gasteiger partial charge on any atom is -0.463 e. The first kappa shape index (κ1) is 19.7.